The smallest absolute Gasteiger partial charge is 0.196 e. The zero-order valence-electron chi connectivity index (χ0n) is 13.2. The first-order valence-corrected chi connectivity index (χ1v) is 7.75. The van der Waals surface area contributed by atoms with Gasteiger partial charge in [0.1, 0.15) is 0 Å². The lowest BCUT2D eigenvalue weighted by Crippen LogP contribution is -2.04. The number of aryl methyl sites for hydroxylation is 1. The van der Waals surface area contributed by atoms with Crippen molar-refractivity contribution >= 4 is 27.5 Å². The fourth-order valence-electron chi connectivity index (χ4n) is 3.37. The Bertz CT molecular complexity index is 1050. The molecule has 112 valence electrons. The summed E-state index contributed by atoms with van der Waals surface area (Å²) in [6.45, 7) is 2.01. The van der Waals surface area contributed by atoms with E-state index in [0.29, 0.717) is 0 Å². The normalized spacial score (nSPS) is 11.2. The van der Waals surface area contributed by atoms with Gasteiger partial charge in [0.25, 0.3) is 0 Å². The van der Waals surface area contributed by atoms with Gasteiger partial charge in [-0.25, -0.2) is 0 Å². The van der Waals surface area contributed by atoms with Gasteiger partial charge in [-0.2, -0.15) is 0 Å². The number of carbonyl (C=O) groups excluding carboxylic acids is 1. The zero-order chi connectivity index (χ0) is 16.0. The molecule has 0 radical (unpaired) electrons. The van der Waals surface area contributed by atoms with Crippen molar-refractivity contribution in [2.75, 3.05) is 0 Å². The van der Waals surface area contributed by atoms with Gasteiger partial charge in [0.2, 0.25) is 0 Å². The average Bonchev–Trinajstić information content (AvgIpc) is 2.85. The van der Waals surface area contributed by atoms with Crippen LogP contribution in [0, 0.1) is 6.92 Å². The predicted molar refractivity (Wildman–Crippen MR) is 95.0 cm³/mol. The SMILES string of the molecule is Cc1c(C(=O)c2cccc3ccccc23)c2ccccc2n1C. The maximum absolute atomic E-state index is 13.3. The average molecular weight is 299 g/mol. The molecule has 0 aliphatic carbocycles. The first kappa shape index (κ1) is 13.8. The van der Waals surface area contributed by atoms with E-state index in [2.05, 4.69) is 10.6 Å². The molecule has 23 heavy (non-hydrogen) atoms. The van der Waals surface area contributed by atoms with E-state index in [9.17, 15) is 4.79 Å². The van der Waals surface area contributed by atoms with E-state index < -0.39 is 0 Å². The predicted octanol–water partition coefficient (Wildman–Crippen LogP) is 4.87. The molecule has 4 aromatic rings. The van der Waals surface area contributed by atoms with Gasteiger partial charge in [-0.3, -0.25) is 4.79 Å². The molecule has 0 amide bonds. The number of para-hydroxylation sites is 1. The summed E-state index contributed by atoms with van der Waals surface area (Å²) in [5, 5.41) is 3.12. The molecular formula is C21H17NO. The van der Waals surface area contributed by atoms with Crippen LogP contribution in [0.5, 0.6) is 0 Å². The summed E-state index contributed by atoms with van der Waals surface area (Å²) >= 11 is 0. The van der Waals surface area contributed by atoms with Gasteiger partial charge in [-0.1, -0.05) is 60.7 Å². The number of aromatic nitrogens is 1. The number of ketones is 1. The summed E-state index contributed by atoms with van der Waals surface area (Å²) in [6, 6.07) is 22.0. The van der Waals surface area contributed by atoms with E-state index in [1.165, 1.54) is 0 Å². The summed E-state index contributed by atoms with van der Waals surface area (Å²) in [7, 11) is 2.01. The van der Waals surface area contributed by atoms with Crippen LogP contribution in [0.3, 0.4) is 0 Å². The van der Waals surface area contributed by atoms with Gasteiger partial charge >= 0.3 is 0 Å². The molecule has 1 heterocycles. The van der Waals surface area contributed by atoms with Gasteiger partial charge in [-0.15, -0.1) is 0 Å². The highest BCUT2D eigenvalue weighted by Crippen LogP contribution is 2.29. The molecular weight excluding hydrogens is 282 g/mol. The third-order valence-corrected chi connectivity index (χ3v) is 4.66. The first-order chi connectivity index (χ1) is 11.2. The Hall–Kier alpha value is -2.87. The molecule has 0 saturated carbocycles. The number of hydrogen-bond acceptors (Lipinski definition) is 1. The zero-order valence-corrected chi connectivity index (χ0v) is 13.2. The third kappa shape index (κ3) is 1.99. The molecule has 0 saturated heterocycles. The molecule has 0 aliphatic rings. The van der Waals surface area contributed by atoms with Crippen molar-refractivity contribution in [2.24, 2.45) is 7.05 Å². The summed E-state index contributed by atoms with van der Waals surface area (Å²) in [5.74, 6) is 0.0936. The van der Waals surface area contributed by atoms with E-state index >= 15 is 0 Å². The van der Waals surface area contributed by atoms with Crippen LogP contribution in [-0.2, 0) is 7.05 Å². The van der Waals surface area contributed by atoms with Crippen molar-refractivity contribution in [3.05, 3.63) is 83.6 Å². The van der Waals surface area contributed by atoms with Crippen molar-refractivity contribution in [3.63, 3.8) is 0 Å². The number of carbonyl (C=O) groups is 1. The highest BCUT2D eigenvalue weighted by Gasteiger charge is 2.20. The van der Waals surface area contributed by atoms with Crippen LogP contribution in [0.25, 0.3) is 21.7 Å². The summed E-state index contributed by atoms with van der Waals surface area (Å²) in [5.41, 5.74) is 3.67. The Morgan fingerprint density at radius 3 is 2.30 bits per heavy atom. The third-order valence-electron chi connectivity index (χ3n) is 4.66. The molecule has 2 heteroatoms. The molecule has 0 unspecified atom stereocenters. The Balaban J connectivity index is 2.01. The van der Waals surface area contributed by atoms with E-state index in [-0.39, 0.29) is 5.78 Å². The molecule has 0 N–H and O–H groups in total. The number of hydrogen-bond donors (Lipinski definition) is 0. The largest absolute Gasteiger partial charge is 0.347 e. The molecule has 3 aromatic carbocycles. The van der Waals surface area contributed by atoms with E-state index in [1.54, 1.807) is 0 Å². The molecule has 4 rings (SSSR count). The fraction of sp³-hybridized carbons (Fsp3) is 0.0952. The van der Waals surface area contributed by atoms with E-state index in [1.807, 2.05) is 74.6 Å². The Labute approximate surface area is 135 Å². The number of benzene rings is 3. The minimum Gasteiger partial charge on any atom is -0.347 e. The van der Waals surface area contributed by atoms with Crippen LogP contribution in [0.1, 0.15) is 21.6 Å². The van der Waals surface area contributed by atoms with Gasteiger partial charge in [-0.05, 0) is 23.8 Å². The summed E-state index contributed by atoms with van der Waals surface area (Å²) in [6.07, 6.45) is 0. The van der Waals surface area contributed by atoms with Crippen molar-refractivity contribution < 1.29 is 4.79 Å². The van der Waals surface area contributed by atoms with Gasteiger partial charge < -0.3 is 4.57 Å². The molecule has 0 bridgehead atoms. The standard InChI is InChI=1S/C21H17NO/c1-14-20(18-11-5-6-13-19(18)22(14)2)21(23)17-12-7-9-15-8-3-4-10-16(15)17/h3-13H,1-2H3. The Morgan fingerprint density at radius 1 is 0.826 bits per heavy atom. The van der Waals surface area contributed by atoms with Crippen molar-refractivity contribution in [3.8, 4) is 0 Å². The maximum Gasteiger partial charge on any atom is 0.196 e. The molecule has 1 aromatic heterocycles. The Kier molecular flexibility index (Phi) is 3.05. The highest BCUT2D eigenvalue weighted by atomic mass is 16.1. The summed E-state index contributed by atoms with van der Waals surface area (Å²) in [4.78, 5) is 13.3. The number of rotatable bonds is 2. The van der Waals surface area contributed by atoms with Crippen LogP contribution < -0.4 is 0 Å². The van der Waals surface area contributed by atoms with Gasteiger partial charge in [0.05, 0.1) is 5.56 Å². The van der Waals surface area contributed by atoms with Crippen molar-refractivity contribution in [2.45, 2.75) is 6.92 Å². The van der Waals surface area contributed by atoms with Crippen molar-refractivity contribution in [1.82, 2.24) is 4.57 Å². The Morgan fingerprint density at radius 2 is 1.48 bits per heavy atom. The van der Waals surface area contributed by atoms with Crippen molar-refractivity contribution in [1.29, 1.82) is 0 Å². The van der Waals surface area contributed by atoms with Crippen LogP contribution >= 0.6 is 0 Å². The monoisotopic (exact) mass is 299 g/mol. The molecule has 0 spiro atoms. The molecule has 0 fully saturated rings. The highest BCUT2D eigenvalue weighted by molar-refractivity contribution is 6.22. The van der Waals surface area contributed by atoms with E-state index in [4.69, 9.17) is 0 Å². The van der Waals surface area contributed by atoms with E-state index in [0.717, 1.165) is 38.5 Å². The lowest BCUT2D eigenvalue weighted by molar-refractivity contribution is 0.104. The molecule has 0 atom stereocenters. The minimum atomic E-state index is 0.0936. The number of fused-ring (bicyclic) bond motifs is 2. The minimum absolute atomic E-state index is 0.0936. The second-order valence-corrected chi connectivity index (χ2v) is 5.89. The lowest BCUT2D eigenvalue weighted by atomic mass is 9.96. The molecule has 2 nitrogen and oxygen atoms in total. The van der Waals surface area contributed by atoms with Gasteiger partial charge in [0.15, 0.2) is 5.78 Å². The quantitative estimate of drug-likeness (QED) is 0.484. The first-order valence-electron chi connectivity index (χ1n) is 7.75. The fourth-order valence-corrected chi connectivity index (χ4v) is 3.37. The topological polar surface area (TPSA) is 22.0 Å². The van der Waals surface area contributed by atoms with Crippen LogP contribution in [-0.4, -0.2) is 10.4 Å². The second kappa shape index (κ2) is 5.10. The second-order valence-electron chi connectivity index (χ2n) is 5.89. The van der Waals surface area contributed by atoms with Crippen LogP contribution in [0.2, 0.25) is 0 Å². The van der Waals surface area contributed by atoms with Gasteiger partial charge in [0, 0.05) is 29.2 Å². The number of nitrogens with zero attached hydrogens (tertiary/aromatic N) is 1. The lowest BCUT2D eigenvalue weighted by Gasteiger charge is -2.06. The summed E-state index contributed by atoms with van der Waals surface area (Å²) < 4.78 is 2.09. The van der Waals surface area contributed by atoms with Crippen LogP contribution in [0.15, 0.2) is 66.7 Å². The maximum atomic E-state index is 13.3. The molecule has 0 aliphatic heterocycles. The van der Waals surface area contributed by atoms with Crippen LogP contribution in [0.4, 0.5) is 0 Å².